The quantitative estimate of drug-likeness (QED) is 0.736. The predicted octanol–water partition coefficient (Wildman–Crippen LogP) is 4.90. The fourth-order valence-electron chi connectivity index (χ4n) is 2.29. The monoisotopic (exact) mass is 332 g/mol. The Hall–Kier alpha value is -1.58. The van der Waals surface area contributed by atoms with Crippen molar-refractivity contribution in [1.29, 1.82) is 0 Å². The first-order chi connectivity index (χ1) is 10.7. The zero-order valence-corrected chi connectivity index (χ0v) is 14.3. The van der Waals surface area contributed by atoms with Crippen molar-refractivity contribution in [3.05, 3.63) is 65.2 Å². The van der Waals surface area contributed by atoms with Gasteiger partial charge in [0.2, 0.25) is 0 Å². The molecule has 22 heavy (non-hydrogen) atoms. The van der Waals surface area contributed by atoms with E-state index < -0.39 is 0 Å². The van der Waals surface area contributed by atoms with Gasteiger partial charge in [0.15, 0.2) is 5.11 Å². The highest BCUT2D eigenvalue weighted by Gasteiger charge is 2.08. The summed E-state index contributed by atoms with van der Waals surface area (Å²) in [4.78, 5) is 0. The van der Waals surface area contributed by atoms with E-state index in [4.69, 9.17) is 23.8 Å². The van der Waals surface area contributed by atoms with Crippen LogP contribution in [0.3, 0.4) is 0 Å². The molecule has 0 heterocycles. The van der Waals surface area contributed by atoms with Crippen molar-refractivity contribution in [3.63, 3.8) is 0 Å². The lowest BCUT2D eigenvalue weighted by Gasteiger charge is -2.18. The van der Waals surface area contributed by atoms with Gasteiger partial charge in [0.1, 0.15) is 0 Å². The predicted molar refractivity (Wildman–Crippen MR) is 99.6 cm³/mol. The van der Waals surface area contributed by atoms with Gasteiger partial charge in [-0.1, -0.05) is 61.3 Å². The van der Waals surface area contributed by atoms with E-state index in [-0.39, 0.29) is 0 Å². The fraction of sp³-hybridized carbons (Fsp3) is 0.278. The van der Waals surface area contributed by atoms with Crippen LogP contribution in [0.4, 0.5) is 5.69 Å². The van der Waals surface area contributed by atoms with Crippen molar-refractivity contribution in [3.8, 4) is 0 Å². The molecule has 0 amide bonds. The van der Waals surface area contributed by atoms with Gasteiger partial charge in [-0.25, -0.2) is 0 Å². The van der Waals surface area contributed by atoms with Crippen LogP contribution in [0.15, 0.2) is 54.6 Å². The number of hydrogen-bond acceptors (Lipinski definition) is 1. The van der Waals surface area contributed by atoms with Gasteiger partial charge in [0, 0.05) is 17.3 Å². The molecule has 0 spiro atoms. The maximum atomic E-state index is 5.96. The Morgan fingerprint density at radius 2 is 1.91 bits per heavy atom. The number of halogens is 1. The number of benzene rings is 2. The van der Waals surface area contributed by atoms with Crippen LogP contribution in [-0.4, -0.2) is 11.7 Å². The number of hydrogen-bond donors (Lipinski definition) is 2. The van der Waals surface area contributed by atoms with Crippen molar-refractivity contribution < 1.29 is 0 Å². The molecule has 4 heteroatoms. The van der Waals surface area contributed by atoms with Crippen molar-refractivity contribution in [2.45, 2.75) is 19.8 Å². The van der Waals surface area contributed by atoms with Crippen LogP contribution in [0.1, 0.15) is 18.9 Å². The molecule has 2 aromatic carbocycles. The molecular weight excluding hydrogens is 312 g/mol. The largest absolute Gasteiger partial charge is 0.362 e. The molecule has 0 unspecified atom stereocenters. The van der Waals surface area contributed by atoms with E-state index in [2.05, 4.69) is 41.8 Å². The van der Waals surface area contributed by atoms with Crippen molar-refractivity contribution in [2.24, 2.45) is 5.92 Å². The first-order valence-corrected chi connectivity index (χ1v) is 8.30. The number of rotatable bonds is 6. The van der Waals surface area contributed by atoms with Crippen molar-refractivity contribution in [1.82, 2.24) is 5.32 Å². The molecule has 116 valence electrons. The van der Waals surface area contributed by atoms with E-state index in [1.807, 2.05) is 30.3 Å². The normalized spacial score (nSPS) is 11.7. The highest BCUT2D eigenvalue weighted by atomic mass is 35.5. The molecule has 0 aromatic heterocycles. The van der Waals surface area contributed by atoms with Crippen molar-refractivity contribution >= 4 is 34.6 Å². The third kappa shape index (κ3) is 5.66. The van der Waals surface area contributed by atoms with Crippen molar-refractivity contribution in [2.75, 3.05) is 11.9 Å². The molecular formula is C18H21ClN2S. The van der Waals surface area contributed by atoms with E-state index >= 15 is 0 Å². The summed E-state index contributed by atoms with van der Waals surface area (Å²) in [5.41, 5.74) is 2.27. The van der Waals surface area contributed by atoms with Crippen LogP contribution in [-0.2, 0) is 6.42 Å². The molecule has 0 fully saturated rings. The van der Waals surface area contributed by atoms with Crippen LogP contribution in [0.25, 0.3) is 0 Å². The van der Waals surface area contributed by atoms with E-state index in [9.17, 15) is 0 Å². The van der Waals surface area contributed by atoms with E-state index in [1.165, 1.54) is 5.56 Å². The third-order valence-corrected chi connectivity index (χ3v) is 4.06. The second kappa shape index (κ2) is 8.76. The van der Waals surface area contributed by atoms with Crippen LogP contribution in [0.2, 0.25) is 5.02 Å². The Kier molecular flexibility index (Phi) is 6.69. The van der Waals surface area contributed by atoms with Gasteiger partial charge in [-0.05, 0) is 48.3 Å². The van der Waals surface area contributed by atoms with Crippen LogP contribution < -0.4 is 10.6 Å². The van der Waals surface area contributed by atoms with E-state index in [0.717, 1.165) is 25.1 Å². The van der Waals surface area contributed by atoms with Gasteiger partial charge in [0.05, 0.1) is 0 Å². The molecule has 0 aliphatic carbocycles. The van der Waals surface area contributed by atoms with Gasteiger partial charge in [-0.3, -0.25) is 0 Å². The summed E-state index contributed by atoms with van der Waals surface area (Å²) in [5.74, 6) is 0.557. The van der Waals surface area contributed by atoms with E-state index in [1.54, 1.807) is 0 Å². The molecule has 0 aliphatic rings. The van der Waals surface area contributed by atoms with Crippen LogP contribution in [0, 0.1) is 5.92 Å². The maximum absolute atomic E-state index is 5.96. The zero-order valence-electron chi connectivity index (χ0n) is 12.7. The van der Waals surface area contributed by atoms with Gasteiger partial charge in [-0.2, -0.15) is 0 Å². The summed E-state index contributed by atoms with van der Waals surface area (Å²) < 4.78 is 0. The number of anilines is 1. The first-order valence-electron chi connectivity index (χ1n) is 7.51. The summed E-state index contributed by atoms with van der Waals surface area (Å²) in [6, 6.07) is 18.1. The Labute approximate surface area is 142 Å². The molecule has 1 atom stereocenters. The van der Waals surface area contributed by atoms with Crippen LogP contribution in [0.5, 0.6) is 0 Å². The minimum absolute atomic E-state index is 0.557. The van der Waals surface area contributed by atoms with Gasteiger partial charge in [0.25, 0.3) is 0 Å². The summed E-state index contributed by atoms with van der Waals surface area (Å²) in [7, 11) is 0. The Morgan fingerprint density at radius 3 is 2.59 bits per heavy atom. The lowest BCUT2D eigenvalue weighted by Crippen LogP contribution is -2.33. The fourth-order valence-corrected chi connectivity index (χ4v) is 2.68. The lowest BCUT2D eigenvalue weighted by atomic mass is 9.97. The summed E-state index contributed by atoms with van der Waals surface area (Å²) >= 11 is 11.3. The number of thiocarbonyl (C=S) groups is 1. The molecule has 2 aromatic rings. The molecule has 2 rings (SSSR count). The highest BCUT2D eigenvalue weighted by Crippen LogP contribution is 2.15. The van der Waals surface area contributed by atoms with Crippen LogP contribution >= 0.6 is 23.8 Å². The lowest BCUT2D eigenvalue weighted by molar-refractivity contribution is 0.498. The summed E-state index contributed by atoms with van der Waals surface area (Å²) in [5, 5.41) is 7.79. The average Bonchev–Trinajstić information content (AvgIpc) is 2.52. The Bertz CT molecular complexity index is 601. The molecule has 0 saturated carbocycles. The number of nitrogens with one attached hydrogen (secondary N) is 2. The topological polar surface area (TPSA) is 24.1 Å². The second-order valence-corrected chi connectivity index (χ2v) is 6.15. The molecule has 2 nitrogen and oxygen atoms in total. The molecule has 0 saturated heterocycles. The van der Waals surface area contributed by atoms with Gasteiger partial charge < -0.3 is 10.6 Å². The third-order valence-electron chi connectivity index (χ3n) is 3.58. The second-order valence-electron chi connectivity index (χ2n) is 5.31. The van der Waals surface area contributed by atoms with E-state index in [0.29, 0.717) is 16.1 Å². The smallest absolute Gasteiger partial charge is 0.170 e. The standard InChI is InChI=1S/C18H21ClN2S/c1-2-14(11-15-7-4-3-5-8-15)13-20-18(22)21-17-10-6-9-16(19)12-17/h3-10,12,14H,2,11,13H2,1H3,(H2,20,21,22)/t14-/m1/s1. The molecule has 0 radical (unpaired) electrons. The highest BCUT2D eigenvalue weighted by molar-refractivity contribution is 7.80. The summed E-state index contributed by atoms with van der Waals surface area (Å²) in [6.07, 6.45) is 2.17. The molecule has 2 N–H and O–H groups in total. The Balaban J connectivity index is 1.81. The minimum atomic E-state index is 0.557. The minimum Gasteiger partial charge on any atom is -0.362 e. The SMILES string of the molecule is CC[C@@H](CNC(=S)Nc1cccc(Cl)c1)Cc1ccccc1. The average molecular weight is 333 g/mol. The van der Waals surface area contributed by atoms with Gasteiger partial charge in [-0.15, -0.1) is 0 Å². The first kappa shape index (κ1) is 16.8. The zero-order chi connectivity index (χ0) is 15.8. The van der Waals surface area contributed by atoms with Gasteiger partial charge >= 0.3 is 0 Å². The summed E-state index contributed by atoms with van der Waals surface area (Å²) in [6.45, 7) is 3.07. The Morgan fingerprint density at radius 1 is 1.14 bits per heavy atom. The maximum Gasteiger partial charge on any atom is 0.170 e. The molecule has 0 bridgehead atoms. The molecule has 0 aliphatic heterocycles.